The van der Waals surface area contributed by atoms with Crippen molar-refractivity contribution in [2.45, 2.75) is 19.0 Å². The number of hydrogen-bond donors (Lipinski definition) is 1. The second-order valence-corrected chi connectivity index (χ2v) is 8.73. The average molecular weight is 411 g/mol. The third kappa shape index (κ3) is 3.69. The molecule has 0 saturated heterocycles. The molecule has 0 saturated carbocycles. The van der Waals surface area contributed by atoms with E-state index >= 15 is 0 Å². The lowest BCUT2D eigenvalue weighted by Gasteiger charge is -2.20. The number of anilines is 1. The van der Waals surface area contributed by atoms with Crippen LogP contribution in [0.15, 0.2) is 69.6 Å². The summed E-state index contributed by atoms with van der Waals surface area (Å²) in [6, 6.07) is 15.3. The molecule has 1 atom stereocenters. The van der Waals surface area contributed by atoms with Gasteiger partial charge in [0, 0.05) is 23.7 Å². The van der Waals surface area contributed by atoms with Gasteiger partial charge in [-0.1, -0.05) is 53.9 Å². The second-order valence-electron chi connectivity index (χ2n) is 6.93. The summed E-state index contributed by atoms with van der Waals surface area (Å²) in [4.78, 5) is 11.8. The minimum Gasteiger partial charge on any atom is -0.335 e. The molecule has 0 aliphatic carbocycles. The smallest absolute Gasteiger partial charge is 0.168 e. The molecule has 4 nitrogen and oxygen atoms in total. The first-order chi connectivity index (χ1) is 13.7. The molecule has 3 aliphatic heterocycles. The summed E-state index contributed by atoms with van der Waals surface area (Å²) in [7, 11) is 0. The number of halogens is 1. The molecule has 0 bridgehead atoms. The molecular formula is C21H19FN4S2. The standard InChI is InChI=1S/C21H19FN4S2/c22-16-7-5-14(6-8-16)9-17-11-26-18(13-28-21(26)24-17)12-27-20-23-10-15-3-1-2-4-19(15)25-20/h1-8,13,17H,9-12H2,(H,23,25). The van der Waals surface area contributed by atoms with Crippen LogP contribution in [0.2, 0.25) is 0 Å². The monoisotopic (exact) mass is 410 g/mol. The van der Waals surface area contributed by atoms with Gasteiger partial charge in [0.05, 0.1) is 12.6 Å². The van der Waals surface area contributed by atoms with E-state index in [0.29, 0.717) is 0 Å². The fourth-order valence-corrected chi connectivity index (χ4v) is 5.45. The highest BCUT2D eigenvalue weighted by atomic mass is 32.2. The van der Waals surface area contributed by atoms with E-state index in [1.165, 1.54) is 23.4 Å². The molecule has 7 heteroatoms. The van der Waals surface area contributed by atoms with E-state index in [1.807, 2.05) is 24.3 Å². The first-order valence-corrected chi connectivity index (χ1v) is 11.1. The van der Waals surface area contributed by atoms with Crippen LogP contribution in [0.5, 0.6) is 0 Å². The highest BCUT2D eigenvalue weighted by Crippen LogP contribution is 2.34. The van der Waals surface area contributed by atoms with Crippen LogP contribution < -0.4 is 5.32 Å². The Labute approximate surface area is 172 Å². The van der Waals surface area contributed by atoms with Gasteiger partial charge in [-0.25, -0.2) is 4.39 Å². The van der Waals surface area contributed by atoms with E-state index in [0.717, 1.165) is 46.8 Å². The summed E-state index contributed by atoms with van der Waals surface area (Å²) < 4.78 is 13.1. The fraction of sp³-hybridized carbons (Fsp3) is 0.238. The van der Waals surface area contributed by atoms with Crippen molar-refractivity contribution < 1.29 is 4.39 Å². The minimum atomic E-state index is -0.193. The van der Waals surface area contributed by atoms with E-state index in [1.54, 1.807) is 23.5 Å². The van der Waals surface area contributed by atoms with Gasteiger partial charge >= 0.3 is 0 Å². The predicted octanol–water partition coefficient (Wildman–Crippen LogP) is 4.71. The van der Waals surface area contributed by atoms with Gasteiger partial charge in [0.1, 0.15) is 5.82 Å². The van der Waals surface area contributed by atoms with E-state index in [9.17, 15) is 4.39 Å². The van der Waals surface area contributed by atoms with Crippen molar-refractivity contribution >= 4 is 39.5 Å². The van der Waals surface area contributed by atoms with Crippen molar-refractivity contribution in [2.24, 2.45) is 9.98 Å². The van der Waals surface area contributed by atoms with Crippen molar-refractivity contribution in [1.29, 1.82) is 0 Å². The molecule has 28 heavy (non-hydrogen) atoms. The Hall–Kier alpha value is -2.25. The molecule has 0 spiro atoms. The van der Waals surface area contributed by atoms with Crippen molar-refractivity contribution in [3.05, 3.63) is 76.6 Å². The third-order valence-corrected chi connectivity index (χ3v) is 6.83. The summed E-state index contributed by atoms with van der Waals surface area (Å²) in [5.74, 6) is 0.672. The average Bonchev–Trinajstić information content (AvgIpc) is 3.28. The molecule has 0 amide bonds. The second kappa shape index (κ2) is 7.64. The molecule has 1 unspecified atom stereocenters. The van der Waals surface area contributed by atoms with Gasteiger partial charge in [-0.05, 0) is 41.2 Å². The third-order valence-electron chi connectivity index (χ3n) is 4.96. The Morgan fingerprint density at radius 1 is 1.18 bits per heavy atom. The zero-order chi connectivity index (χ0) is 18.9. The minimum absolute atomic E-state index is 0.193. The highest BCUT2D eigenvalue weighted by molar-refractivity contribution is 8.17. The Kier molecular flexibility index (Phi) is 4.86. The van der Waals surface area contributed by atoms with Crippen molar-refractivity contribution in [3.63, 3.8) is 0 Å². The van der Waals surface area contributed by atoms with Gasteiger partial charge in [-0.2, -0.15) is 0 Å². The van der Waals surface area contributed by atoms with E-state index < -0.39 is 0 Å². The van der Waals surface area contributed by atoms with Crippen LogP contribution in [0.3, 0.4) is 0 Å². The zero-order valence-electron chi connectivity index (χ0n) is 15.1. The van der Waals surface area contributed by atoms with Gasteiger partial charge in [-0.15, -0.1) is 0 Å². The van der Waals surface area contributed by atoms with Crippen LogP contribution in [-0.4, -0.2) is 33.6 Å². The largest absolute Gasteiger partial charge is 0.335 e. The molecular weight excluding hydrogens is 391 g/mol. The van der Waals surface area contributed by atoms with Crippen LogP contribution in [0.4, 0.5) is 10.1 Å². The summed E-state index contributed by atoms with van der Waals surface area (Å²) in [5, 5.41) is 7.66. The summed E-state index contributed by atoms with van der Waals surface area (Å²) in [6.45, 7) is 1.62. The molecule has 142 valence electrons. The fourth-order valence-electron chi connectivity index (χ4n) is 3.50. The topological polar surface area (TPSA) is 40.0 Å². The maximum atomic E-state index is 13.1. The van der Waals surface area contributed by atoms with Gasteiger partial charge in [0.25, 0.3) is 0 Å². The summed E-state index contributed by atoms with van der Waals surface area (Å²) in [5.41, 5.74) is 4.79. The normalized spacial score (nSPS) is 20.1. The number of nitrogens with one attached hydrogen (secondary N) is 1. The van der Waals surface area contributed by atoms with Crippen LogP contribution in [-0.2, 0) is 13.0 Å². The van der Waals surface area contributed by atoms with Gasteiger partial charge in [0.2, 0.25) is 0 Å². The van der Waals surface area contributed by atoms with E-state index in [4.69, 9.17) is 4.99 Å². The van der Waals surface area contributed by atoms with E-state index in [-0.39, 0.29) is 11.9 Å². The molecule has 0 aromatic heterocycles. The number of rotatable bonds is 4. The number of benzene rings is 2. The molecule has 2 aromatic rings. The maximum Gasteiger partial charge on any atom is 0.168 e. The maximum absolute atomic E-state index is 13.1. The Balaban J connectivity index is 1.17. The van der Waals surface area contributed by atoms with Gasteiger partial charge in [0.15, 0.2) is 10.3 Å². The molecule has 3 aliphatic rings. The van der Waals surface area contributed by atoms with Crippen molar-refractivity contribution in [1.82, 2.24) is 4.90 Å². The van der Waals surface area contributed by atoms with Crippen LogP contribution >= 0.6 is 23.5 Å². The lowest BCUT2D eigenvalue weighted by molar-refractivity contribution is 0.512. The SMILES string of the molecule is Fc1ccc(CC2CN3C(CSC4=NCc5ccccc5N4)=CSC3=N2)cc1. The number of thioether (sulfide) groups is 2. The number of nitrogens with zero attached hydrogens (tertiary/aromatic N) is 3. The molecule has 0 fully saturated rings. The molecule has 1 N–H and O–H groups in total. The zero-order valence-corrected chi connectivity index (χ0v) is 16.8. The number of amidine groups is 2. The number of aliphatic imine (C=N–C) groups is 2. The number of hydrogen-bond acceptors (Lipinski definition) is 6. The van der Waals surface area contributed by atoms with Crippen molar-refractivity contribution in [3.8, 4) is 0 Å². The van der Waals surface area contributed by atoms with Crippen LogP contribution in [0.25, 0.3) is 0 Å². The van der Waals surface area contributed by atoms with Crippen LogP contribution in [0, 0.1) is 5.82 Å². The molecule has 3 heterocycles. The van der Waals surface area contributed by atoms with Crippen molar-refractivity contribution in [2.75, 3.05) is 17.6 Å². The first-order valence-electron chi connectivity index (χ1n) is 9.22. The number of fused-ring (bicyclic) bond motifs is 2. The van der Waals surface area contributed by atoms with Gasteiger partial charge < -0.3 is 10.2 Å². The molecule has 0 radical (unpaired) electrons. The highest BCUT2D eigenvalue weighted by Gasteiger charge is 2.32. The Morgan fingerprint density at radius 2 is 2.04 bits per heavy atom. The summed E-state index contributed by atoms with van der Waals surface area (Å²) in [6.07, 6.45) is 0.840. The lowest BCUT2D eigenvalue weighted by atomic mass is 10.1. The predicted molar refractivity (Wildman–Crippen MR) is 117 cm³/mol. The molecule has 5 rings (SSSR count). The van der Waals surface area contributed by atoms with Crippen LogP contribution in [0.1, 0.15) is 11.1 Å². The summed E-state index contributed by atoms with van der Waals surface area (Å²) >= 11 is 3.43. The van der Waals surface area contributed by atoms with Gasteiger partial charge in [-0.3, -0.25) is 9.98 Å². The lowest BCUT2D eigenvalue weighted by Crippen LogP contribution is -2.26. The number of para-hydroxylation sites is 1. The Bertz CT molecular complexity index is 984. The molecule has 2 aromatic carbocycles. The Morgan fingerprint density at radius 3 is 2.93 bits per heavy atom. The first kappa shape index (κ1) is 17.8. The van der Waals surface area contributed by atoms with E-state index in [2.05, 4.69) is 32.7 Å². The quantitative estimate of drug-likeness (QED) is 0.792.